The maximum absolute atomic E-state index is 8.39. The Morgan fingerprint density at radius 3 is 2.44 bits per heavy atom. The molecule has 0 fully saturated rings. The highest BCUT2D eigenvalue weighted by atomic mass is 16.3. The number of aliphatic imine (C=N–C) groups is 1. The molecule has 2 rings (SSSR count). The minimum absolute atomic E-state index is 0.281. The van der Waals surface area contributed by atoms with Gasteiger partial charge in [-0.15, -0.1) is 0 Å². The summed E-state index contributed by atoms with van der Waals surface area (Å²) in [5.41, 5.74) is 2.48. The van der Waals surface area contributed by atoms with Crippen molar-refractivity contribution in [3.05, 3.63) is 29.8 Å². The Bertz CT molecular complexity index is 353. The fourth-order valence-electron chi connectivity index (χ4n) is 1.35. The second kappa shape index (κ2) is 5.77. The molecule has 1 aromatic carbocycles. The number of para-hydroxylation sites is 1. The second-order valence-corrected chi connectivity index (χ2v) is 4.88. The molecule has 3 heteroatoms. The molecular weight excluding hydrogens is 200 g/mol. The van der Waals surface area contributed by atoms with E-state index in [0.29, 0.717) is 0 Å². The van der Waals surface area contributed by atoms with Crippen LogP contribution in [0.3, 0.4) is 0 Å². The molecule has 0 aliphatic carbocycles. The highest BCUT2D eigenvalue weighted by Crippen LogP contribution is 2.22. The van der Waals surface area contributed by atoms with Crippen LogP contribution < -0.4 is 0 Å². The van der Waals surface area contributed by atoms with Gasteiger partial charge >= 0.3 is 0 Å². The van der Waals surface area contributed by atoms with Gasteiger partial charge in [-0.05, 0) is 11.6 Å². The van der Waals surface area contributed by atoms with Crippen LogP contribution in [0.4, 0.5) is 5.69 Å². The Balaban J connectivity index is 0.000000168. The van der Waals surface area contributed by atoms with Gasteiger partial charge in [0, 0.05) is 12.6 Å². The maximum Gasteiger partial charge on any atom is 0.101 e. The third kappa shape index (κ3) is 4.55. The molecule has 0 atom stereocenters. The first-order valence-electron chi connectivity index (χ1n) is 5.55. The number of likely N-dealkylation sites (N-methyl/N-ethyl adjacent to an activating group) is 1. The van der Waals surface area contributed by atoms with Crippen LogP contribution in [0.2, 0.25) is 0 Å². The average Bonchev–Trinajstić information content (AvgIpc) is 2.64. The lowest BCUT2D eigenvalue weighted by Gasteiger charge is -2.21. The molecule has 1 heterocycles. The number of fused-ring (bicyclic) bond motifs is 1. The smallest absolute Gasteiger partial charge is 0.101 e. The van der Waals surface area contributed by atoms with Gasteiger partial charge in [0.15, 0.2) is 0 Å². The van der Waals surface area contributed by atoms with Crippen molar-refractivity contribution in [2.24, 2.45) is 4.99 Å². The quantitative estimate of drug-likeness (QED) is 0.756. The molecule has 3 nitrogen and oxygen atoms in total. The number of quaternary nitrogens is 1. The highest BCUT2D eigenvalue weighted by molar-refractivity contribution is 5.75. The summed E-state index contributed by atoms with van der Waals surface area (Å²) in [4.78, 5) is 4.17. The Morgan fingerprint density at radius 2 is 1.94 bits per heavy atom. The Labute approximate surface area is 97.6 Å². The molecule has 0 bridgehead atoms. The van der Waals surface area contributed by atoms with E-state index in [2.05, 4.69) is 32.2 Å². The molecule has 88 valence electrons. The zero-order valence-electron chi connectivity index (χ0n) is 10.3. The van der Waals surface area contributed by atoms with E-state index >= 15 is 0 Å². The summed E-state index contributed by atoms with van der Waals surface area (Å²) in [6, 6.07) is 8.22. The fraction of sp³-hybridized carbons (Fsp3) is 0.462. The van der Waals surface area contributed by atoms with Crippen molar-refractivity contribution in [1.82, 2.24) is 0 Å². The maximum atomic E-state index is 8.39. The van der Waals surface area contributed by atoms with E-state index in [1.807, 2.05) is 24.4 Å². The molecule has 0 unspecified atom stereocenters. The average molecular weight is 221 g/mol. The van der Waals surface area contributed by atoms with Gasteiger partial charge in [-0.2, -0.15) is 0 Å². The van der Waals surface area contributed by atoms with E-state index in [4.69, 9.17) is 5.11 Å². The van der Waals surface area contributed by atoms with E-state index < -0.39 is 0 Å². The van der Waals surface area contributed by atoms with Gasteiger partial charge in [-0.25, -0.2) is 0 Å². The molecule has 0 saturated heterocycles. The van der Waals surface area contributed by atoms with Crippen molar-refractivity contribution in [3.8, 4) is 0 Å². The molecule has 16 heavy (non-hydrogen) atoms. The monoisotopic (exact) mass is 221 g/mol. The lowest BCUT2D eigenvalue weighted by molar-refractivity contribution is -0.870. The standard InChI is InChI=1S/C8H7N.C5H14NO/c1-2-4-8-7(3-1)5-6-9-8;1-6(2,3)4-5-7/h1-4,6H,5H2;7H,4-5H2,1-3H3/q;+1. The second-order valence-electron chi connectivity index (χ2n) is 4.88. The number of rotatable bonds is 2. The van der Waals surface area contributed by atoms with Gasteiger partial charge in [0.1, 0.15) is 6.54 Å². The van der Waals surface area contributed by atoms with Crippen LogP contribution in [-0.2, 0) is 6.42 Å². The Hall–Kier alpha value is -1.19. The van der Waals surface area contributed by atoms with E-state index in [0.717, 1.165) is 23.1 Å². The van der Waals surface area contributed by atoms with Crippen LogP contribution in [0, 0.1) is 0 Å². The van der Waals surface area contributed by atoms with E-state index in [1.54, 1.807) is 0 Å². The predicted octanol–water partition coefficient (Wildman–Crippen LogP) is 1.63. The first-order chi connectivity index (χ1) is 7.53. The Kier molecular flexibility index (Phi) is 4.65. The Morgan fingerprint density at radius 1 is 1.25 bits per heavy atom. The van der Waals surface area contributed by atoms with Crippen molar-refractivity contribution in [2.75, 3.05) is 34.3 Å². The van der Waals surface area contributed by atoms with Crippen LogP contribution in [0.5, 0.6) is 0 Å². The van der Waals surface area contributed by atoms with Gasteiger partial charge in [0.25, 0.3) is 0 Å². The van der Waals surface area contributed by atoms with E-state index in [9.17, 15) is 0 Å². The summed E-state index contributed by atoms with van der Waals surface area (Å²) in [5.74, 6) is 0. The molecule has 0 radical (unpaired) electrons. The van der Waals surface area contributed by atoms with E-state index in [-0.39, 0.29) is 6.61 Å². The first kappa shape index (κ1) is 12.9. The first-order valence-corrected chi connectivity index (χ1v) is 5.55. The molecule has 1 aliphatic rings. The van der Waals surface area contributed by atoms with Crippen LogP contribution in [0.1, 0.15) is 5.56 Å². The third-order valence-electron chi connectivity index (χ3n) is 2.30. The van der Waals surface area contributed by atoms with Crippen molar-refractivity contribution in [3.63, 3.8) is 0 Å². The predicted molar refractivity (Wildman–Crippen MR) is 68.3 cm³/mol. The van der Waals surface area contributed by atoms with Gasteiger partial charge in [0.05, 0.1) is 33.4 Å². The number of nitrogens with zero attached hydrogens (tertiary/aromatic N) is 2. The lowest BCUT2D eigenvalue weighted by Crippen LogP contribution is -2.36. The number of aliphatic hydroxyl groups excluding tert-OH is 1. The van der Waals surface area contributed by atoms with Crippen LogP contribution in [-0.4, -0.2) is 50.1 Å². The van der Waals surface area contributed by atoms with E-state index in [1.165, 1.54) is 5.56 Å². The molecule has 0 aromatic heterocycles. The minimum atomic E-state index is 0.281. The lowest BCUT2D eigenvalue weighted by atomic mass is 10.2. The molecular formula is C13H21N2O+. The fourth-order valence-corrected chi connectivity index (χ4v) is 1.35. The third-order valence-corrected chi connectivity index (χ3v) is 2.30. The normalized spacial score (nSPS) is 13.0. The van der Waals surface area contributed by atoms with Crippen molar-refractivity contribution < 1.29 is 9.59 Å². The van der Waals surface area contributed by atoms with Gasteiger partial charge in [-0.1, -0.05) is 18.2 Å². The van der Waals surface area contributed by atoms with Crippen molar-refractivity contribution >= 4 is 11.9 Å². The van der Waals surface area contributed by atoms with Crippen LogP contribution in [0.15, 0.2) is 29.3 Å². The molecule has 0 amide bonds. The topological polar surface area (TPSA) is 32.6 Å². The van der Waals surface area contributed by atoms with Gasteiger partial charge < -0.3 is 9.59 Å². The van der Waals surface area contributed by atoms with Gasteiger partial charge in [-0.3, -0.25) is 4.99 Å². The largest absolute Gasteiger partial charge is 0.391 e. The zero-order chi connectivity index (χ0) is 12.0. The summed E-state index contributed by atoms with van der Waals surface area (Å²) >= 11 is 0. The van der Waals surface area contributed by atoms with Crippen molar-refractivity contribution in [2.45, 2.75) is 6.42 Å². The molecule has 0 spiro atoms. The number of benzene rings is 1. The summed E-state index contributed by atoms with van der Waals surface area (Å²) in [6.07, 6.45) is 2.96. The molecule has 0 saturated carbocycles. The minimum Gasteiger partial charge on any atom is -0.391 e. The SMILES string of the molecule is C1=Nc2ccccc2C1.C[N+](C)(C)CCO. The number of hydrogen-bond donors (Lipinski definition) is 1. The summed E-state index contributed by atoms with van der Waals surface area (Å²) in [7, 11) is 6.16. The highest BCUT2D eigenvalue weighted by Gasteiger charge is 2.02. The molecule has 1 aromatic rings. The molecule has 1 N–H and O–H groups in total. The summed E-state index contributed by atoms with van der Waals surface area (Å²) in [5, 5.41) is 8.39. The number of hydrogen-bond acceptors (Lipinski definition) is 2. The van der Waals surface area contributed by atoms with Crippen molar-refractivity contribution in [1.29, 1.82) is 0 Å². The van der Waals surface area contributed by atoms with Crippen LogP contribution in [0.25, 0.3) is 0 Å². The summed E-state index contributed by atoms with van der Waals surface area (Å²) in [6.45, 7) is 1.11. The zero-order valence-corrected chi connectivity index (χ0v) is 10.3. The number of aliphatic hydroxyl groups is 1. The summed E-state index contributed by atoms with van der Waals surface area (Å²) < 4.78 is 0.844. The van der Waals surface area contributed by atoms with Crippen LogP contribution >= 0.6 is 0 Å². The van der Waals surface area contributed by atoms with Gasteiger partial charge in [0.2, 0.25) is 0 Å². The molecule has 1 aliphatic heterocycles.